The summed E-state index contributed by atoms with van der Waals surface area (Å²) in [6.45, 7) is 8.09. The van der Waals surface area contributed by atoms with E-state index in [0.717, 1.165) is 12.8 Å². The van der Waals surface area contributed by atoms with Gasteiger partial charge in [-0.3, -0.25) is 4.79 Å². The number of hydrogen-bond donors (Lipinski definition) is 1. The van der Waals surface area contributed by atoms with Gasteiger partial charge in [-0.15, -0.1) is 0 Å². The lowest BCUT2D eigenvalue weighted by atomic mass is 10.2. The maximum Gasteiger partial charge on any atom is 0.338 e. The van der Waals surface area contributed by atoms with Crippen molar-refractivity contribution in [2.24, 2.45) is 0 Å². The summed E-state index contributed by atoms with van der Waals surface area (Å²) in [6.07, 6.45) is 1.88. The third kappa shape index (κ3) is 7.22. The number of unbranched alkanes of at least 4 members (excludes halogenated alkanes) is 1. The molecule has 7 heteroatoms. The molecule has 1 N–H and O–H groups in total. The number of ether oxygens (including phenoxy) is 3. The molecule has 1 rings (SSSR count). The van der Waals surface area contributed by atoms with E-state index in [4.69, 9.17) is 25.8 Å². The summed E-state index contributed by atoms with van der Waals surface area (Å²) >= 11 is 6.23. The summed E-state index contributed by atoms with van der Waals surface area (Å²) in [7, 11) is 0. The second-order valence-corrected chi connectivity index (χ2v) is 6.13. The molecule has 6 nitrogen and oxygen atoms in total. The van der Waals surface area contributed by atoms with Crippen LogP contribution in [0.5, 0.6) is 11.5 Å². The normalized spacial score (nSPS) is 10.5. The highest BCUT2D eigenvalue weighted by Crippen LogP contribution is 2.37. The number of nitrogens with one attached hydrogen (secondary N) is 1. The molecule has 0 saturated carbocycles. The molecule has 0 bridgehead atoms. The highest BCUT2D eigenvalue weighted by atomic mass is 35.5. The Labute approximate surface area is 153 Å². The van der Waals surface area contributed by atoms with Gasteiger partial charge in [-0.1, -0.05) is 24.9 Å². The monoisotopic (exact) mass is 371 g/mol. The van der Waals surface area contributed by atoms with Crippen LogP contribution in [0.1, 0.15) is 50.9 Å². The number of hydrogen-bond acceptors (Lipinski definition) is 5. The topological polar surface area (TPSA) is 73.9 Å². The number of amides is 1. The lowest BCUT2D eigenvalue weighted by molar-refractivity contribution is -0.124. The van der Waals surface area contributed by atoms with Crippen LogP contribution in [0.3, 0.4) is 0 Å². The number of carbonyl (C=O) groups excluding carboxylic acids is 2. The van der Waals surface area contributed by atoms with Gasteiger partial charge in [-0.05, 0) is 39.3 Å². The molecule has 1 aromatic carbocycles. The van der Waals surface area contributed by atoms with Crippen LogP contribution in [0.2, 0.25) is 5.02 Å². The van der Waals surface area contributed by atoms with E-state index in [2.05, 4.69) is 12.2 Å². The molecule has 25 heavy (non-hydrogen) atoms. The zero-order valence-corrected chi connectivity index (χ0v) is 15.9. The lowest BCUT2D eigenvalue weighted by Gasteiger charge is -2.15. The molecule has 0 spiro atoms. The lowest BCUT2D eigenvalue weighted by Crippen LogP contribution is -2.34. The van der Waals surface area contributed by atoms with Gasteiger partial charge in [-0.25, -0.2) is 4.79 Å². The van der Waals surface area contributed by atoms with E-state index >= 15 is 0 Å². The number of benzene rings is 1. The maximum absolute atomic E-state index is 12.2. The summed E-state index contributed by atoms with van der Waals surface area (Å²) in [4.78, 5) is 23.7. The summed E-state index contributed by atoms with van der Waals surface area (Å²) < 4.78 is 16.2. The van der Waals surface area contributed by atoms with Gasteiger partial charge in [-0.2, -0.15) is 0 Å². The first-order valence-electron chi connectivity index (χ1n) is 8.44. The Balaban J connectivity index is 2.85. The van der Waals surface area contributed by atoms with E-state index in [9.17, 15) is 9.59 Å². The fourth-order valence-corrected chi connectivity index (χ4v) is 2.25. The second kappa shape index (κ2) is 10.8. The standard InChI is InChI=1S/C18H26ClNO5/c1-5-7-8-24-17-14(19)9-13(10-15(17)23-6-2)18(22)25-11-16(21)20-12(3)4/h9-10,12H,5-8,11H2,1-4H3,(H,20,21). The quantitative estimate of drug-likeness (QED) is 0.502. The summed E-state index contributed by atoms with van der Waals surface area (Å²) in [6, 6.07) is 2.94. The van der Waals surface area contributed by atoms with E-state index in [-0.39, 0.29) is 29.1 Å². The Morgan fingerprint density at radius 3 is 2.52 bits per heavy atom. The molecular weight excluding hydrogens is 346 g/mol. The average molecular weight is 372 g/mol. The molecule has 0 radical (unpaired) electrons. The molecular formula is C18H26ClNO5. The number of halogens is 1. The zero-order valence-electron chi connectivity index (χ0n) is 15.2. The van der Waals surface area contributed by atoms with E-state index in [1.54, 1.807) is 0 Å². The molecule has 0 aliphatic heterocycles. The van der Waals surface area contributed by atoms with Crippen molar-refractivity contribution in [3.8, 4) is 11.5 Å². The summed E-state index contributed by atoms with van der Waals surface area (Å²) in [5.41, 5.74) is 0.202. The third-order valence-corrected chi connectivity index (χ3v) is 3.35. The highest BCUT2D eigenvalue weighted by Gasteiger charge is 2.18. The Hall–Kier alpha value is -1.95. The van der Waals surface area contributed by atoms with E-state index < -0.39 is 5.97 Å². The van der Waals surface area contributed by atoms with Gasteiger partial charge in [0.1, 0.15) is 0 Å². The van der Waals surface area contributed by atoms with Crippen molar-refractivity contribution in [2.75, 3.05) is 19.8 Å². The van der Waals surface area contributed by atoms with E-state index in [1.807, 2.05) is 20.8 Å². The minimum Gasteiger partial charge on any atom is -0.490 e. The van der Waals surface area contributed by atoms with Crippen LogP contribution in [0.4, 0.5) is 0 Å². The van der Waals surface area contributed by atoms with Crippen molar-refractivity contribution >= 4 is 23.5 Å². The van der Waals surface area contributed by atoms with E-state index in [1.165, 1.54) is 12.1 Å². The fourth-order valence-electron chi connectivity index (χ4n) is 1.99. The van der Waals surface area contributed by atoms with Gasteiger partial charge < -0.3 is 19.5 Å². The van der Waals surface area contributed by atoms with Crippen molar-refractivity contribution in [2.45, 2.75) is 46.6 Å². The predicted molar refractivity (Wildman–Crippen MR) is 96.6 cm³/mol. The highest BCUT2D eigenvalue weighted by molar-refractivity contribution is 6.32. The number of carbonyl (C=O) groups is 2. The molecule has 1 amide bonds. The molecule has 1 aromatic rings. The smallest absolute Gasteiger partial charge is 0.338 e. The molecule has 0 heterocycles. The van der Waals surface area contributed by atoms with E-state index in [0.29, 0.717) is 24.7 Å². The van der Waals surface area contributed by atoms with Crippen molar-refractivity contribution < 1.29 is 23.8 Å². The van der Waals surface area contributed by atoms with Gasteiger partial charge in [0.2, 0.25) is 0 Å². The molecule has 0 aromatic heterocycles. The van der Waals surface area contributed by atoms with Gasteiger partial charge in [0, 0.05) is 6.04 Å². The Kier molecular flexibility index (Phi) is 9.13. The van der Waals surface area contributed by atoms with Gasteiger partial charge >= 0.3 is 5.97 Å². The average Bonchev–Trinajstić information content (AvgIpc) is 2.54. The Morgan fingerprint density at radius 2 is 1.92 bits per heavy atom. The first kappa shape index (κ1) is 21.1. The van der Waals surface area contributed by atoms with Crippen molar-refractivity contribution in [1.82, 2.24) is 5.32 Å². The SMILES string of the molecule is CCCCOc1c(Cl)cc(C(=O)OCC(=O)NC(C)C)cc1OCC. The van der Waals surface area contributed by atoms with Gasteiger partial charge in [0.15, 0.2) is 18.1 Å². The first-order valence-corrected chi connectivity index (χ1v) is 8.82. The molecule has 0 aliphatic rings. The second-order valence-electron chi connectivity index (χ2n) is 5.72. The maximum atomic E-state index is 12.2. The third-order valence-electron chi connectivity index (χ3n) is 3.07. The van der Waals surface area contributed by atoms with Crippen molar-refractivity contribution in [1.29, 1.82) is 0 Å². The predicted octanol–water partition coefficient (Wildman–Crippen LogP) is 3.60. The molecule has 0 fully saturated rings. The minimum absolute atomic E-state index is 0.0234. The Morgan fingerprint density at radius 1 is 1.20 bits per heavy atom. The van der Waals surface area contributed by atoms with Crippen molar-refractivity contribution in [3.05, 3.63) is 22.7 Å². The van der Waals surface area contributed by atoms with Gasteiger partial charge in [0.05, 0.1) is 23.8 Å². The summed E-state index contributed by atoms with van der Waals surface area (Å²) in [5, 5.41) is 2.91. The number of rotatable bonds is 10. The van der Waals surface area contributed by atoms with Crippen molar-refractivity contribution in [3.63, 3.8) is 0 Å². The van der Waals surface area contributed by atoms with Crippen LogP contribution >= 0.6 is 11.6 Å². The van der Waals surface area contributed by atoms with Gasteiger partial charge in [0.25, 0.3) is 5.91 Å². The molecule has 0 aliphatic carbocycles. The van der Waals surface area contributed by atoms with Crippen LogP contribution in [0, 0.1) is 0 Å². The zero-order chi connectivity index (χ0) is 18.8. The van der Waals surface area contributed by atoms with Crippen LogP contribution in [-0.4, -0.2) is 37.7 Å². The van der Waals surface area contributed by atoms with Crippen LogP contribution in [0.25, 0.3) is 0 Å². The molecule has 0 saturated heterocycles. The molecule has 0 atom stereocenters. The number of esters is 1. The van der Waals surface area contributed by atoms with Crippen LogP contribution < -0.4 is 14.8 Å². The Bertz CT molecular complexity index is 589. The molecule has 140 valence electrons. The minimum atomic E-state index is -0.651. The fraction of sp³-hybridized carbons (Fsp3) is 0.556. The van der Waals surface area contributed by atoms with Crippen LogP contribution in [-0.2, 0) is 9.53 Å². The largest absolute Gasteiger partial charge is 0.490 e. The first-order chi connectivity index (χ1) is 11.9. The summed E-state index contributed by atoms with van der Waals surface area (Å²) in [5.74, 6) is -0.225. The molecule has 0 unspecified atom stereocenters. The van der Waals surface area contributed by atoms with Crippen LogP contribution in [0.15, 0.2) is 12.1 Å².